The Morgan fingerprint density at radius 2 is 1.79 bits per heavy atom. The zero-order chi connectivity index (χ0) is 24.6. The number of halogens is 1. The molecule has 182 valence electrons. The summed E-state index contributed by atoms with van der Waals surface area (Å²) in [6, 6.07) is 18.0. The molecule has 34 heavy (non-hydrogen) atoms. The third-order valence-corrected chi connectivity index (χ3v) is 8.62. The smallest absolute Gasteiger partial charge is 0.269 e. The van der Waals surface area contributed by atoms with Crippen molar-refractivity contribution in [3.63, 3.8) is 0 Å². The van der Waals surface area contributed by atoms with Gasteiger partial charge in [-0.25, -0.2) is 4.39 Å². The SMILES string of the molecule is CN(C(=S)Oc1ccc([Si](C)(C)C)cc1)c1cccc(OCCN(CCF)Cc2ccsc2)c1. The highest BCUT2D eigenvalue weighted by Crippen LogP contribution is 2.22. The summed E-state index contributed by atoms with van der Waals surface area (Å²) in [6.07, 6.45) is 0. The Balaban J connectivity index is 1.54. The second-order valence-corrected chi connectivity index (χ2v) is 15.4. The highest BCUT2D eigenvalue weighted by atomic mass is 32.1. The molecule has 0 fully saturated rings. The molecule has 0 bridgehead atoms. The topological polar surface area (TPSA) is 24.9 Å². The minimum Gasteiger partial charge on any atom is -0.492 e. The fraction of sp³-hybridized carbons (Fsp3) is 0.346. The van der Waals surface area contributed by atoms with Gasteiger partial charge in [0.2, 0.25) is 0 Å². The average molecular weight is 517 g/mol. The van der Waals surface area contributed by atoms with Crippen LogP contribution in [0.15, 0.2) is 65.4 Å². The molecule has 0 amide bonds. The zero-order valence-electron chi connectivity index (χ0n) is 20.3. The van der Waals surface area contributed by atoms with Crippen LogP contribution in [-0.2, 0) is 6.54 Å². The van der Waals surface area contributed by atoms with Crippen LogP contribution in [0.4, 0.5) is 10.1 Å². The molecule has 0 saturated heterocycles. The van der Waals surface area contributed by atoms with E-state index in [4.69, 9.17) is 21.7 Å². The van der Waals surface area contributed by atoms with E-state index in [1.165, 1.54) is 10.8 Å². The second-order valence-electron chi connectivity index (χ2n) is 9.14. The lowest BCUT2D eigenvalue weighted by atomic mass is 10.3. The molecular weight excluding hydrogens is 484 g/mol. The number of thiophene rings is 1. The van der Waals surface area contributed by atoms with Gasteiger partial charge in [0.05, 0.1) is 8.07 Å². The van der Waals surface area contributed by atoms with Crippen LogP contribution in [0.3, 0.4) is 0 Å². The number of hydrogen-bond donors (Lipinski definition) is 0. The van der Waals surface area contributed by atoms with Crippen molar-refractivity contribution in [2.75, 3.05) is 38.3 Å². The molecule has 1 heterocycles. The van der Waals surface area contributed by atoms with Crippen molar-refractivity contribution in [2.24, 2.45) is 0 Å². The molecule has 0 atom stereocenters. The Morgan fingerprint density at radius 3 is 2.44 bits per heavy atom. The molecular formula is C26H33FN2O2S2Si. The molecule has 0 spiro atoms. The molecule has 3 aromatic rings. The molecule has 0 saturated carbocycles. The summed E-state index contributed by atoms with van der Waals surface area (Å²) in [7, 11) is 0.526. The number of nitrogens with zero attached hydrogens (tertiary/aromatic N) is 2. The summed E-state index contributed by atoms with van der Waals surface area (Å²) in [6.45, 7) is 8.83. The lowest BCUT2D eigenvalue weighted by Gasteiger charge is -2.22. The van der Waals surface area contributed by atoms with E-state index in [9.17, 15) is 4.39 Å². The molecule has 0 aliphatic carbocycles. The first-order chi connectivity index (χ1) is 16.3. The molecule has 0 aliphatic rings. The van der Waals surface area contributed by atoms with Gasteiger partial charge in [0.25, 0.3) is 5.17 Å². The molecule has 3 rings (SSSR count). The maximum Gasteiger partial charge on any atom is 0.269 e. The van der Waals surface area contributed by atoms with E-state index in [1.807, 2.05) is 53.7 Å². The Hall–Kier alpha value is -2.26. The Morgan fingerprint density at radius 1 is 1.03 bits per heavy atom. The third kappa shape index (κ3) is 7.90. The number of hydrogen-bond acceptors (Lipinski definition) is 5. The molecule has 0 unspecified atom stereocenters. The summed E-state index contributed by atoms with van der Waals surface area (Å²) in [4.78, 5) is 3.88. The van der Waals surface area contributed by atoms with Crippen LogP contribution < -0.4 is 19.6 Å². The fourth-order valence-corrected chi connectivity index (χ4v) is 5.43. The lowest BCUT2D eigenvalue weighted by molar-refractivity contribution is 0.191. The van der Waals surface area contributed by atoms with Crippen molar-refractivity contribution >= 4 is 47.7 Å². The Kier molecular flexibility index (Phi) is 9.64. The Bertz CT molecular complexity index is 1040. The minimum atomic E-state index is -1.35. The normalized spacial score (nSPS) is 11.5. The van der Waals surface area contributed by atoms with Crippen molar-refractivity contribution in [3.05, 3.63) is 70.9 Å². The van der Waals surface area contributed by atoms with E-state index in [2.05, 4.69) is 48.1 Å². The van der Waals surface area contributed by atoms with Gasteiger partial charge in [-0.05, 0) is 58.9 Å². The van der Waals surface area contributed by atoms with E-state index in [0.29, 0.717) is 24.9 Å². The van der Waals surface area contributed by atoms with Gasteiger partial charge in [0.15, 0.2) is 0 Å². The first-order valence-electron chi connectivity index (χ1n) is 11.3. The van der Waals surface area contributed by atoms with Crippen molar-refractivity contribution in [3.8, 4) is 11.5 Å². The van der Waals surface area contributed by atoms with Gasteiger partial charge < -0.3 is 14.4 Å². The van der Waals surface area contributed by atoms with Gasteiger partial charge in [0.1, 0.15) is 24.8 Å². The lowest BCUT2D eigenvalue weighted by Crippen LogP contribution is -2.37. The maximum absolute atomic E-state index is 13.0. The highest BCUT2D eigenvalue weighted by Gasteiger charge is 2.17. The number of thiocarbonyl (C=S) groups is 1. The largest absolute Gasteiger partial charge is 0.492 e. The highest BCUT2D eigenvalue weighted by molar-refractivity contribution is 7.80. The van der Waals surface area contributed by atoms with Crippen LogP contribution in [0.5, 0.6) is 11.5 Å². The van der Waals surface area contributed by atoms with Gasteiger partial charge >= 0.3 is 0 Å². The van der Waals surface area contributed by atoms with E-state index in [1.54, 1.807) is 11.3 Å². The van der Waals surface area contributed by atoms with Crippen LogP contribution in [0.2, 0.25) is 19.6 Å². The van der Waals surface area contributed by atoms with Gasteiger partial charge in [-0.1, -0.05) is 43.0 Å². The third-order valence-electron chi connectivity index (χ3n) is 5.47. The summed E-state index contributed by atoms with van der Waals surface area (Å²) in [5.74, 6) is 1.47. The Labute approximate surface area is 212 Å². The molecule has 8 heteroatoms. The van der Waals surface area contributed by atoms with Crippen molar-refractivity contribution < 1.29 is 13.9 Å². The minimum absolute atomic E-state index is 0.364. The number of benzene rings is 2. The predicted molar refractivity (Wildman–Crippen MR) is 149 cm³/mol. The average Bonchev–Trinajstić information content (AvgIpc) is 3.32. The number of alkyl halides is 1. The molecule has 4 nitrogen and oxygen atoms in total. The van der Waals surface area contributed by atoms with Crippen molar-refractivity contribution in [2.45, 2.75) is 26.2 Å². The summed E-state index contributed by atoms with van der Waals surface area (Å²) in [5, 5.41) is 5.88. The monoisotopic (exact) mass is 516 g/mol. The first-order valence-corrected chi connectivity index (χ1v) is 16.2. The maximum atomic E-state index is 13.0. The molecule has 0 aliphatic heterocycles. The molecule has 0 N–H and O–H groups in total. The van der Waals surface area contributed by atoms with Crippen molar-refractivity contribution in [1.82, 2.24) is 4.90 Å². The predicted octanol–water partition coefficient (Wildman–Crippen LogP) is 5.94. The zero-order valence-corrected chi connectivity index (χ0v) is 22.9. The van der Waals surface area contributed by atoms with Crippen LogP contribution in [0.25, 0.3) is 0 Å². The summed E-state index contributed by atoms with van der Waals surface area (Å²) in [5.41, 5.74) is 2.07. The van der Waals surface area contributed by atoms with Gasteiger partial charge in [-0.15, -0.1) is 0 Å². The number of anilines is 1. The van der Waals surface area contributed by atoms with Crippen LogP contribution in [0, 0.1) is 0 Å². The van der Waals surface area contributed by atoms with E-state index in [-0.39, 0.29) is 6.67 Å². The quantitative estimate of drug-likeness (QED) is 0.232. The van der Waals surface area contributed by atoms with Gasteiger partial charge in [0, 0.05) is 38.4 Å². The number of ether oxygens (including phenoxy) is 2. The van der Waals surface area contributed by atoms with Crippen LogP contribution in [0.1, 0.15) is 5.56 Å². The van der Waals surface area contributed by atoms with E-state index >= 15 is 0 Å². The van der Waals surface area contributed by atoms with E-state index in [0.717, 1.165) is 23.7 Å². The van der Waals surface area contributed by atoms with Crippen LogP contribution >= 0.6 is 23.6 Å². The fourth-order valence-electron chi connectivity index (χ4n) is 3.40. The van der Waals surface area contributed by atoms with Gasteiger partial charge in [-0.2, -0.15) is 11.3 Å². The summed E-state index contributed by atoms with van der Waals surface area (Å²) >= 11 is 7.18. The molecule has 1 aromatic heterocycles. The van der Waals surface area contributed by atoms with Crippen molar-refractivity contribution in [1.29, 1.82) is 0 Å². The number of rotatable bonds is 11. The second kappa shape index (κ2) is 12.4. The van der Waals surface area contributed by atoms with Gasteiger partial charge in [-0.3, -0.25) is 4.90 Å². The summed E-state index contributed by atoms with van der Waals surface area (Å²) < 4.78 is 24.8. The van der Waals surface area contributed by atoms with E-state index < -0.39 is 8.07 Å². The van der Waals surface area contributed by atoms with Crippen LogP contribution in [-0.4, -0.2) is 51.6 Å². The molecule has 0 radical (unpaired) electrons. The molecule has 2 aromatic carbocycles. The first kappa shape index (κ1) is 26.3. The standard InChI is InChI=1S/C26H33FN2O2S2Si/c1-28(26(32)31-23-8-10-25(11-9-23)34(2,3)4)22-6-5-7-24(18-22)30-16-15-29(14-13-27)19-21-12-17-33-20-21/h5-12,17-18,20H,13-16,19H2,1-4H3.